The molecule has 1 aliphatic rings. The molecule has 1 heterocycles. The van der Waals surface area contributed by atoms with Gasteiger partial charge in [0.25, 0.3) is 5.91 Å². The maximum Gasteiger partial charge on any atom is 0.252 e. The van der Waals surface area contributed by atoms with Crippen LogP contribution in [-0.2, 0) is 11.3 Å². The van der Waals surface area contributed by atoms with Crippen molar-refractivity contribution < 1.29 is 23.8 Å². The number of hydrogen-bond donors (Lipinski definition) is 2. The molecular formula is C24H22N2O5S. The summed E-state index contributed by atoms with van der Waals surface area (Å²) in [6.07, 6.45) is 0. The second-order valence-corrected chi connectivity index (χ2v) is 7.95. The Morgan fingerprint density at radius 1 is 1.00 bits per heavy atom. The number of benzene rings is 3. The van der Waals surface area contributed by atoms with Gasteiger partial charge < -0.3 is 24.8 Å². The van der Waals surface area contributed by atoms with Crippen LogP contribution in [0.4, 0.5) is 5.69 Å². The number of rotatable bonds is 8. The zero-order chi connectivity index (χ0) is 22.3. The minimum absolute atomic E-state index is 0.168. The van der Waals surface area contributed by atoms with Crippen molar-refractivity contribution in [3.05, 3.63) is 77.9 Å². The average Bonchev–Trinajstić information content (AvgIpc) is 3.29. The van der Waals surface area contributed by atoms with E-state index in [1.807, 2.05) is 36.4 Å². The van der Waals surface area contributed by atoms with Gasteiger partial charge in [-0.1, -0.05) is 24.3 Å². The van der Waals surface area contributed by atoms with E-state index in [1.165, 1.54) is 11.8 Å². The van der Waals surface area contributed by atoms with Crippen molar-refractivity contribution in [3.63, 3.8) is 0 Å². The van der Waals surface area contributed by atoms with Crippen molar-refractivity contribution in [3.8, 4) is 17.2 Å². The quantitative estimate of drug-likeness (QED) is 0.503. The summed E-state index contributed by atoms with van der Waals surface area (Å²) in [6, 6.07) is 20.0. The summed E-state index contributed by atoms with van der Waals surface area (Å²) in [7, 11) is 1.57. The van der Waals surface area contributed by atoms with Gasteiger partial charge in [0, 0.05) is 23.2 Å². The molecule has 0 saturated carbocycles. The molecular weight excluding hydrogens is 428 g/mol. The molecule has 4 rings (SSSR count). The van der Waals surface area contributed by atoms with Crippen LogP contribution < -0.4 is 24.8 Å². The number of hydrogen-bond acceptors (Lipinski definition) is 6. The SMILES string of the molecule is COc1cccc(NC(=O)CSc2ccccc2C(=O)NCc2ccc3c(c2)OCO3)c1. The van der Waals surface area contributed by atoms with E-state index in [1.54, 1.807) is 37.4 Å². The summed E-state index contributed by atoms with van der Waals surface area (Å²) in [4.78, 5) is 25.9. The van der Waals surface area contributed by atoms with Crippen molar-refractivity contribution in [1.82, 2.24) is 5.32 Å². The fourth-order valence-corrected chi connectivity index (χ4v) is 4.00. The Morgan fingerprint density at radius 2 is 1.84 bits per heavy atom. The van der Waals surface area contributed by atoms with E-state index in [2.05, 4.69) is 10.6 Å². The molecule has 2 N–H and O–H groups in total. The van der Waals surface area contributed by atoms with Crippen molar-refractivity contribution in [2.45, 2.75) is 11.4 Å². The molecule has 0 bridgehead atoms. The number of ether oxygens (including phenoxy) is 3. The second-order valence-electron chi connectivity index (χ2n) is 6.94. The van der Waals surface area contributed by atoms with Gasteiger partial charge in [0.1, 0.15) is 5.75 Å². The average molecular weight is 451 g/mol. The Labute approximate surface area is 190 Å². The van der Waals surface area contributed by atoms with E-state index in [9.17, 15) is 9.59 Å². The Hall–Kier alpha value is -3.65. The Balaban J connectivity index is 1.34. The maximum absolute atomic E-state index is 12.8. The summed E-state index contributed by atoms with van der Waals surface area (Å²) in [5, 5.41) is 5.76. The smallest absolute Gasteiger partial charge is 0.252 e. The Bertz CT molecular complexity index is 1130. The van der Waals surface area contributed by atoms with E-state index < -0.39 is 0 Å². The summed E-state index contributed by atoms with van der Waals surface area (Å²) in [5.74, 6) is 1.84. The molecule has 0 unspecified atom stereocenters. The Morgan fingerprint density at radius 3 is 2.72 bits per heavy atom. The van der Waals surface area contributed by atoms with Gasteiger partial charge in [-0.2, -0.15) is 0 Å². The van der Waals surface area contributed by atoms with Crippen LogP contribution in [0.3, 0.4) is 0 Å². The topological polar surface area (TPSA) is 85.9 Å². The van der Waals surface area contributed by atoms with E-state index in [0.717, 1.165) is 10.5 Å². The highest BCUT2D eigenvalue weighted by molar-refractivity contribution is 8.00. The lowest BCUT2D eigenvalue weighted by molar-refractivity contribution is -0.113. The molecule has 2 amide bonds. The third kappa shape index (κ3) is 5.33. The van der Waals surface area contributed by atoms with Crippen LogP contribution in [0.25, 0.3) is 0 Å². The van der Waals surface area contributed by atoms with Crippen LogP contribution in [0, 0.1) is 0 Å². The first-order chi connectivity index (χ1) is 15.6. The van der Waals surface area contributed by atoms with E-state index in [0.29, 0.717) is 35.0 Å². The monoisotopic (exact) mass is 450 g/mol. The van der Waals surface area contributed by atoms with Crippen LogP contribution in [0.1, 0.15) is 15.9 Å². The zero-order valence-corrected chi connectivity index (χ0v) is 18.2. The number of fused-ring (bicyclic) bond motifs is 1. The summed E-state index contributed by atoms with van der Waals surface area (Å²) in [5.41, 5.74) is 2.09. The van der Waals surface area contributed by atoms with Gasteiger partial charge in [-0.3, -0.25) is 9.59 Å². The van der Waals surface area contributed by atoms with Crippen molar-refractivity contribution in [1.29, 1.82) is 0 Å². The lowest BCUT2D eigenvalue weighted by Crippen LogP contribution is -2.23. The van der Waals surface area contributed by atoms with Gasteiger partial charge in [-0.05, 0) is 42.0 Å². The predicted molar refractivity (Wildman–Crippen MR) is 123 cm³/mol. The van der Waals surface area contributed by atoms with Gasteiger partial charge in [-0.25, -0.2) is 0 Å². The predicted octanol–water partition coefficient (Wildman–Crippen LogP) is 4.08. The fraction of sp³-hybridized carbons (Fsp3) is 0.167. The van der Waals surface area contributed by atoms with Crippen molar-refractivity contribution >= 4 is 29.3 Å². The molecule has 32 heavy (non-hydrogen) atoms. The minimum Gasteiger partial charge on any atom is -0.497 e. The number of carbonyl (C=O) groups excluding carboxylic acids is 2. The maximum atomic E-state index is 12.8. The highest BCUT2D eigenvalue weighted by atomic mass is 32.2. The molecule has 0 aromatic heterocycles. The van der Waals surface area contributed by atoms with Gasteiger partial charge in [0.05, 0.1) is 18.4 Å². The third-order valence-electron chi connectivity index (χ3n) is 4.73. The highest BCUT2D eigenvalue weighted by Gasteiger charge is 2.15. The molecule has 0 spiro atoms. The zero-order valence-electron chi connectivity index (χ0n) is 17.4. The summed E-state index contributed by atoms with van der Waals surface area (Å²) < 4.78 is 15.9. The first kappa shape index (κ1) is 21.6. The van der Waals surface area contributed by atoms with E-state index in [4.69, 9.17) is 14.2 Å². The van der Waals surface area contributed by atoms with Gasteiger partial charge in [-0.15, -0.1) is 11.8 Å². The number of carbonyl (C=O) groups is 2. The van der Waals surface area contributed by atoms with Crippen LogP contribution in [0.5, 0.6) is 17.2 Å². The normalized spacial score (nSPS) is 11.7. The molecule has 164 valence electrons. The number of amides is 2. The first-order valence-electron chi connectivity index (χ1n) is 9.95. The number of thioether (sulfide) groups is 1. The lowest BCUT2D eigenvalue weighted by atomic mass is 10.1. The van der Waals surface area contributed by atoms with Gasteiger partial charge >= 0.3 is 0 Å². The molecule has 3 aromatic carbocycles. The molecule has 0 fully saturated rings. The van der Waals surface area contributed by atoms with Crippen LogP contribution in [0.2, 0.25) is 0 Å². The molecule has 8 heteroatoms. The molecule has 0 atom stereocenters. The van der Waals surface area contributed by atoms with Crippen LogP contribution >= 0.6 is 11.8 Å². The second kappa shape index (κ2) is 10.1. The molecule has 1 aliphatic heterocycles. The molecule has 7 nitrogen and oxygen atoms in total. The van der Waals surface area contributed by atoms with Gasteiger partial charge in [0.2, 0.25) is 12.7 Å². The molecule has 3 aromatic rings. The summed E-state index contributed by atoms with van der Waals surface area (Å²) >= 11 is 1.31. The van der Waals surface area contributed by atoms with Crippen LogP contribution in [-0.4, -0.2) is 31.5 Å². The number of nitrogens with one attached hydrogen (secondary N) is 2. The van der Waals surface area contributed by atoms with E-state index in [-0.39, 0.29) is 24.4 Å². The standard InChI is InChI=1S/C24H22N2O5S/c1-29-18-6-4-5-17(12-18)26-23(27)14-32-22-8-3-2-7-19(22)24(28)25-13-16-9-10-20-21(11-16)31-15-30-20/h2-12H,13-15H2,1H3,(H,25,28)(H,26,27). The van der Waals surface area contributed by atoms with Crippen molar-refractivity contribution in [2.75, 3.05) is 25.0 Å². The first-order valence-corrected chi connectivity index (χ1v) is 10.9. The Kier molecular flexibility index (Phi) is 6.81. The number of methoxy groups -OCH3 is 1. The highest BCUT2D eigenvalue weighted by Crippen LogP contribution is 2.32. The molecule has 0 aliphatic carbocycles. The molecule has 0 radical (unpaired) electrons. The number of anilines is 1. The van der Waals surface area contributed by atoms with Crippen molar-refractivity contribution in [2.24, 2.45) is 0 Å². The lowest BCUT2D eigenvalue weighted by Gasteiger charge is -2.11. The largest absolute Gasteiger partial charge is 0.497 e. The third-order valence-corrected chi connectivity index (χ3v) is 5.81. The minimum atomic E-state index is -0.209. The molecule has 0 saturated heterocycles. The van der Waals surface area contributed by atoms with Gasteiger partial charge in [0.15, 0.2) is 11.5 Å². The van der Waals surface area contributed by atoms with E-state index >= 15 is 0 Å². The summed E-state index contributed by atoms with van der Waals surface area (Å²) in [6.45, 7) is 0.561. The fourth-order valence-electron chi connectivity index (χ4n) is 3.15. The van der Waals surface area contributed by atoms with Crippen LogP contribution in [0.15, 0.2) is 71.6 Å².